The molecular formula is C16H27N3O5. The van der Waals surface area contributed by atoms with Gasteiger partial charge in [0.2, 0.25) is 0 Å². The number of ether oxygens (including phenoxy) is 2. The number of carbonyl (C=O) groups is 3. The Balaban J connectivity index is 2.89. The van der Waals surface area contributed by atoms with E-state index in [9.17, 15) is 14.4 Å². The average molecular weight is 341 g/mol. The summed E-state index contributed by atoms with van der Waals surface area (Å²) in [5, 5.41) is 8.15. The standard InChI is InChI=1S/C16H27N3O5/c1-10(20)8-17-14(21)13(19-15(22)24-16(2,3)4)12-7-6-11(18-12)9-23-5/h11,18H,6-9H2,1-5H3,(H,17,21)(H,19,22)/b13-12+/t11-/m1/s1. The highest BCUT2D eigenvalue weighted by Crippen LogP contribution is 2.19. The van der Waals surface area contributed by atoms with Crippen molar-refractivity contribution in [2.75, 3.05) is 20.3 Å². The number of allylic oxidation sites excluding steroid dienone is 1. The zero-order valence-corrected chi connectivity index (χ0v) is 14.9. The third-order valence-corrected chi connectivity index (χ3v) is 3.14. The number of amides is 2. The number of Topliss-reactive ketones (excluding diaryl/α,β-unsaturated/α-hetero) is 1. The molecule has 1 atom stereocenters. The topological polar surface area (TPSA) is 106 Å². The van der Waals surface area contributed by atoms with E-state index in [1.165, 1.54) is 6.92 Å². The lowest BCUT2D eigenvalue weighted by molar-refractivity contribution is -0.122. The molecule has 0 radical (unpaired) electrons. The molecule has 0 saturated carbocycles. The summed E-state index contributed by atoms with van der Waals surface area (Å²) in [6.45, 7) is 6.97. The second-order valence-electron chi connectivity index (χ2n) is 6.70. The van der Waals surface area contributed by atoms with Gasteiger partial charge in [0, 0.05) is 18.8 Å². The van der Waals surface area contributed by atoms with Crippen molar-refractivity contribution in [2.45, 2.75) is 52.2 Å². The molecule has 0 unspecified atom stereocenters. The largest absolute Gasteiger partial charge is 0.444 e. The number of ketones is 1. The fourth-order valence-corrected chi connectivity index (χ4v) is 2.20. The van der Waals surface area contributed by atoms with Gasteiger partial charge in [-0.05, 0) is 40.5 Å². The monoisotopic (exact) mass is 341 g/mol. The smallest absolute Gasteiger partial charge is 0.412 e. The number of nitrogens with one attached hydrogen (secondary N) is 3. The van der Waals surface area contributed by atoms with Crippen LogP contribution in [-0.4, -0.2) is 49.7 Å². The molecular weight excluding hydrogens is 314 g/mol. The minimum atomic E-state index is -0.722. The lowest BCUT2D eigenvalue weighted by Gasteiger charge is -2.21. The molecule has 0 aliphatic carbocycles. The van der Waals surface area contributed by atoms with Crippen LogP contribution in [0.3, 0.4) is 0 Å². The number of hydrogen-bond donors (Lipinski definition) is 3. The number of rotatable bonds is 6. The van der Waals surface area contributed by atoms with Gasteiger partial charge in [-0.1, -0.05) is 0 Å². The van der Waals surface area contributed by atoms with E-state index in [0.717, 1.165) is 6.42 Å². The normalized spacial score (nSPS) is 19.3. The molecule has 1 fully saturated rings. The molecule has 2 amide bonds. The van der Waals surface area contributed by atoms with E-state index in [-0.39, 0.29) is 24.1 Å². The van der Waals surface area contributed by atoms with Crippen LogP contribution >= 0.6 is 0 Å². The maximum atomic E-state index is 12.3. The van der Waals surface area contributed by atoms with Gasteiger partial charge in [0.15, 0.2) is 0 Å². The summed E-state index contributed by atoms with van der Waals surface area (Å²) in [6.07, 6.45) is 0.648. The van der Waals surface area contributed by atoms with Crippen molar-refractivity contribution in [1.82, 2.24) is 16.0 Å². The molecule has 8 heteroatoms. The molecule has 1 aliphatic rings. The molecule has 24 heavy (non-hydrogen) atoms. The molecule has 1 heterocycles. The Morgan fingerprint density at radius 1 is 1.29 bits per heavy atom. The van der Waals surface area contributed by atoms with Crippen LogP contribution in [0.1, 0.15) is 40.5 Å². The van der Waals surface area contributed by atoms with Crippen LogP contribution < -0.4 is 16.0 Å². The molecule has 1 rings (SSSR count). The Kier molecular flexibility index (Phi) is 7.21. The summed E-state index contributed by atoms with van der Waals surface area (Å²) in [5.74, 6) is -0.710. The summed E-state index contributed by atoms with van der Waals surface area (Å²) in [4.78, 5) is 35.4. The summed E-state index contributed by atoms with van der Waals surface area (Å²) in [7, 11) is 1.60. The zero-order chi connectivity index (χ0) is 18.3. The Labute approximate surface area is 142 Å². The van der Waals surface area contributed by atoms with Crippen molar-refractivity contribution in [3.05, 3.63) is 11.4 Å². The minimum absolute atomic E-state index is 0.0704. The highest BCUT2D eigenvalue weighted by Gasteiger charge is 2.27. The van der Waals surface area contributed by atoms with Crippen molar-refractivity contribution in [2.24, 2.45) is 0 Å². The molecule has 1 saturated heterocycles. The van der Waals surface area contributed by atoms with Crippen molar-refractivity contribution in [3.8, 4) is 0 Å². The summed E-state index contributed by atoms with van der Waals surface area (Å²) in [5.41, 5.74) is -0.00899. The highest BCUT2D eigenvalue weighted by molar-refractivity contribution is 5.98. The second-order valence-corrected chi connectivity index (χ2v) is 6.70. The number of hydrogen-bond acceptors (Lipinski definition) is 6. The molecule has 0 aromatic carbocycles. The van der Waals surface area contributed by atoms with Gasteiger partial charge in [-0.2, -0.15) is 0 Å². The van der Waals surface area contributed by atoms with Gasteiger partial charge in [0.1, 0.15) is 17.1 Å². The first-order valence-electron chi connectivity index (χ1n) is 7.88. The minimum Gasteiger partial charge on any atom is -0.444 e. The summed E-state index contributed by atoms with van der Waals surface area (Å²) >= 11 is 0. The maximum absolute atomic E-state index is 12.3. The molecule has 0 spiro atoms. The van der Waals surface area contributed by atoms with Crippen LogP contribution in [0.15, 0.2) is 11.4 Å². The van der Waals surface area contributed by atoms with Gasteiger partial charge < -0.3 is 20.1 Å². The van der Waals surface area contributed by atoms with Crippen LogP contribution in [0.5, 0.6) is 0 Å². The molecule has 0 bridgehead atoms. The van der Waals surface area contributed by atoms with Gasteiger partial charge in [-0.15, -0.1) is 0 Å². The first-order valence-corrected chi connectivity index (χ1v) is 7.88. The summed E-state index contributed by atoms with van der Waals surface area (Å²) < 4.78 is 10.3. The summed E-state index contributed by atoms with van der Waals surface area (Å²) in [6, 6.07) is 0.0704. The molecule has 0 aromatic rings. The predicted octanol–water partition coefficient (Wildman–Crippen LogP) is 0.826. The van der Waals surface area contributed by atoms with E-state index in [1.807, 2.05) is 0 Å². The van der Waals surface area contributed by atoms with E-state index < -0.39 is 17.6 Å². The van der Waals surface area contributed by atoms with E-state index in [1.54, 1.807) is 27.9 Å². The lowest BCUT2D eigenvalue weighted by Crippen LogP contribution is -2.41. The van der Waals surface area contributed by atoms with Crippen LogP contribution in [0.4, 0.5) is 4.79 Å². The van der Waals surface area contributed by atoms with Gasteiger partial charge >= 0.3 is 6.09 Å². The molecule has 0 aromatic heterocycles. The fraction of sp³-hybridized carbons (Fsp3) is 0.688. The molecule has 8 nitrogen and oxygen atoms in total. The van der Waals surface area contributed by atoms with Crippen LogP contribution in [0.25, 0.3) is 0 Å². The van der Waals surface area contributed by atoms with Gasteiger partial charge in [-0.25, -0.2) is 4.79 Å². The quantitative estimate of drug-likeness (QED) is 0.618. The molecule has 136 valence electrons. The zero-order valence-electron chi connectivity index (χ0n) is 14.9. The van der Waals surface area contributed by atoms with Crippen LogP contribution in [-0.2, 0) is 19.1 Å². The van der Waals surface area contributed by atoms with Gasteiger partial charge in [0.25, 0.3) is 5.91 Å². The van der Waals surface area contributed by atoms with Crippen LogP contribution in [0, 0.1) is 0 Å². The number of methoxy groups -OCH3 is 1. The number of alkyl carbamates (subject to hydrolysis) is 1. The van der Waals surface area contributed by atoms with Crippen LogP contribution in [0.2, 0.25) is 0 Å². The Bertz CT molecular complexity index is 522. The fourth-order valence-electron chi connectivity index (χ4n) is 2.20. The van der Waals surface area contributed by atoms with Crippen molar-refractivity contribution < 1.29 is 23.9 Å². The number of carbonyl (C=O) groups excluding carboxylic acids is 3. The Morgan fingerprint density at radius 3 is 2.50 bits per heavy atom. The Hall–Kier alpha value is -2.09. The molecule has 3 N–H and O–H groups in total. The van der Waals surface area contributed by atoms with E-state index in [0.29, 0.717) is 18.7 Å². The van der Waals surface area contributed by atoms with Gasteiger partial charge in [-0.3, -0.25) is 14.9 Å². The first kappa shape index (κ1) is 20.0. The second kappa shape index (κ2) is 8.68. The molecule has 1 aliphatic heterocycles. The van der Waals surface area contributed by atoms with Crippen molar-refractivity contribution in [3.63, 3.8) is 0 Å². The van der Waals surface area contributed by atoms with E-state index in [2.05, 4.69) is 16.0 Å². The van der Waals surface area contributed by atoms with Crippen molar-refractivity contribution in [1.29, 1.82) is 0 Å². The SMILES string of the molecule is COC[C@H]1CC/C(=C(\NC(=O)OC(C)(C)C)C(=O)NCC(C)=O)N1. The maximum Gasteiger partial charge on any atom is 0.412 e. The van der Waals surface area contributed by atoms with E-state index in [4.69, 9.17) is 9.47 Å². The Morgan fingerprint density at radius 2 is 1.96 bits per heavy atom. The lowest BCUT2D eigenvalue weighted by atomic mass is 10.2. The van der Waals surface area contributed by atoms with Gasteiger partial charge in [0.05, 0.1) is 13.2 Å². The third kappa shape index (κ3) is 6.99. The third-order valence-electron chi connectivity index (χ3n) is 3.14. The van der Waals surface area contributed by atoms with Crippen molar-refractivity contribution >= 4 is 17.8 Å². The highest BCUT2D eigenvalue weighted by atomic mass is 16.6. The average Bonchev–Trinajstić information content (AvgIpc) is 2.89. The first-order chi connectivity index (χ1) is 11.1. The van der Waals surface area contributed by atoms with E-state index >= 15 is 0 Å². The predicted molar refractivity (Wildman–Crippen MR) is 88.1 cm³/mol.